The molecule has 0 aliphatic heterocycles. The Bertz CT molecular complexity index is 694. The Morgan fingerprint density at radius 3 is 2.70 bits per heavy atom. The Kier molecular flexibility index (Phi) is 3.51. The van der Waals surface area contributed by atoms with Gasteiger partial charge >= 0.3 is 5.97 Å². The Morgan fingerprint density at radius 1 is 1.40 bits per heavy atom. The first-order valence-corrected chi connectivity index (χ1v) is 5.73. The molecule has 0 fully saturated rings. The average molecular weight is 277 g/mol. The molecule has 0 radical (unpaired) electrons. The number of hydrogen-bond acceptors (Lipinski definition) is 3. The lowest BCUT2D eigenvalue weighted by atomic mass is 10.2. The first-order chi connectivity index (χ1) is 9.38. The van der Waals surface area contributed by atoms with E-state index < -0.39 is 17.7 Å². The van der Waals surface area contributed by atoms with Gasteiger partial charge in [-0.1, -0.05) is 0 Å². The molecule has 1 aromatic carbocycles. The van der Waals surface area contributed by atoms with Gasteiger partial charge in [-0.2, -0.15) is 5.10 Å². The summed E-state index contributed by atoms with van der Waals surface area (Å²) in [6.07, 6.45) is 1.24. The molecule has 0 aliphatic rings. The van der Waals surface area contributed by atoms with Gasteiger partial charge < -0.3 is 10.4 Å². The van der Waals surface area contributed by atoms with Gasteiger partial charge in [-0.3, -0.25) is 9.48 Å². The molecule has 104 valence electrons. The maximum absolute atomic E-state index is 13.0. The van der Waals surface area contributed by atoms with Gasteiger partial charge in [-0.25, -0.2) is 9.18 Å². The minimum absolute atomic E-state index is 0.190. The van der Waals surface area contributed by atoms with Gasteiger partial charge in [-0.15, -0.1) is 0 Å². The minimum Gasteiger partial charge on any atom is -0.478 e. The van der Waals surface area contributed by atoms with Crippen LogP contribution in [0, 0.1) is 12.7 Å². The maximum Gasteiger partial charge on any atom is 0.339 e. The highest BCUT2D eigenvalue weighted by Crippen LogP contribution is 2.17. The lowest BCUT2D eigenvalue weighted by Crippen LogP contribution is -2.17. The van der Waals surface area contributed by atoms with Gasteiger partial charge in [-0.05, 0) is 30.7 Å². The Balaban J connectivity index is 2.31. The normalized spacial score (nSPS) is 10.3. The van der Waals surface area contributed by atoms with Crippen LogP contribution in [-0.4, -0.2) is 26.8 Å². The molecule has 20 heavy (non-hydrogen) atoms. The number of carbonyl (C=O) groups excluding carboxylic acids is 1. The molecule has 2 rings (SSSR count). The van der Waals surface area contributed by atoms with Crippen LogP contribution in [0.3, 0.4) is 0 Å². The predicted molar refractivity (Wildman–Crippen MR) is 69.3 cm³/mol. The number of carbonyl (C=O) groups is 2. The Morgan fingerprint density at radius 2 is 2.10 bits per heavy atom. The molecular weight excluding hydrogens is 265 g/mol. The molecule has 0 unspecified atom stereocenters. The Labute approximate surface area is 113 Å². The third kappa shape index (κ3) is 2.66. The number of nitrogens with zero attached hydrogens (tertiary/aromatic N) is 2. The minimum atomic E-state index is -1.24. The van der Waals surface area contributed by atoms with Crippen molar-refractivity contribution < 1.29 is 19.1 Å². The lowest BCUT2D eigenvalue weighted by molar-refractivity contribution is 0.0692. The zero-order valence-corrected chi connectivity index (χ0v) is 10.8. The van der Waals surface area contributed by atoms with Gasteiger partial charge in [0.1, 0.15) is 11.4 Å². The number of rotatable bonds is 3. The van der Waals surface area contributed by atoms with Crippen LogP contribution in [0.4, 0.5) is 10.1 Å². The van der Waals surface area contributed by atoms with Gasteiger partial charge in [0.2, 0.25) is 0 Å². The molecule has 0 saturated carbocycles. The van der Waals surface area contributed by atoms with Crippen molar-refractivity contribution in [2.24, 2.45) is 7.05 Å². The summed E-state index contributed by atoms with van der Waals surface area (Å²) in [6.45, 7) is 1.63. The second kappa shape index (κ2) is 5.12. The fraction of sp³-hybridized carbons (Fsp3) is 0.154. The number of carboxylic acid groups (broad SMARTS) is 1. The molecule has 1 aromatic heterocycles. The van der Waals surface area contributed by atoms with Crippen LogP contribution in [-0.2, 0) is 7.05 Å². The standard InChI is InChI=1S/C13H12FN3O3/c1-7-5-8(14)3-4-10(7)15-12(18)11-9(13(19)20)6-17(2)16-11/h3-6H,1-2H3,(H,15,18)(H,19,20). The van der Waals surface area contributed by atoms with E-state index in [1.54, 1.807) is 6.92 Å². The smallest absolute Gasteiger partial charge is 0.339 e. The highest BCUT2D eigenvalue weighted by Gasteiger charge is 2.21. The number of halogens is 1. The topological polar surface area (TPSA) is 84.2 Å². The van der Waals surface area contributed by atoms with Crippen LogP contribution >= 0.6 is 0 Å². The van der Waals surface area contributed by atoms with E-state index in [1.165, 1.54) is 36.1 Å². The predicted octanol–water partition coefficient (Wildman–Crippen LogP) is 1.82. The number of nitrogens with one attached hydrogen (secondary N) is 1. The molecule has 0 spiro atoms. The molecule has 6 nitrogen and oxygen atoms in total. The summed E-state index contributed by atoms with van der Waals surface area (Å²) in [7, 11) is 1.52. The van der Waals surface area contributed by atoms with E-state index in [-0.39, 0.29) is 11.3 Å². The van der Waals surface area contributed by atoms with E-state index in [9.17, 15) is 14.0 Å². The molecule has 2 aromatic rings. The van der Waals surface area contributed by atoms with E-state index >= 15 is 0 Å². The van der Waals surface area contributed by atoms with Crippen molar-refractivity contribution in [2.45, 2.75) is 6.92 Å². The largest absolute Gasteiger partial charge is 0.478 e. The van der Waals surface area contributed by atoms with Crippen LogP contribution in [0.25, 0.3) is 0 Å². The van der Waals surface area contributed by atoms with E-state index in [1.807, 2.05) is 0 Å². The summed E-state index contributed by atoms with van der Waals surface area (Å²) in [4.78, 5) is 23.1. The average Bonchev–Trinajstić information content (AvgIpc) is 2.75. The van der Waals surface area contributed by atoms with Gasteiger partial charge in [0.25, 0.3) is 5.91 Å². The molecule has 2 N–H and O–H groups in total. The number of amides is 1. The van der Waals surface area contributed by atoms with Gasteiger partial charge in [0.05, 0.1) is 0 Å². The van der Waals surface area contributed by atoms with E-state index in [2.05, 4.69) is 10.4 Å². The SMILES string of the molecule is Cc1cc(F)ccc1NC(=O)c1nn(C)cc1C(=O)O. The monoisotopic (exact) mass is 277 g/mol. The summed E-state index contributed by atoms with van der Waals surface area (Å²) < 4.78 is 14.2. The summed E-state index contributed by atoms with van der Waals surface area (Å²) in [5.74, 6) is -2.30. The van der Waals surface area contributed by atoms with E-state index in [4.69, 9.17) is 5.11 Å². The number of anilines is 1. The van der Waals surface area contributed by atoms with Crippen molar-refractivity contribution in [3.05, 3.63) is 47.0 Å². The summed E-state index contributed by atoms with van der Waals surface area (Å²) in [6, 6.07) is 3.89. The molecule has 1 heterocycles. The van der Waals surface area contributed by atoms with Crippen molar-refractivity contribution in [1.82, 2.24) is 9.78 Å². The second-order valence-corrected chi connectivity index (χ2v) is 4.28. The van der Waals surface area contributed by atoms with Crippen LogP contribution in [0.15, 0.2) is 24.4 Å². The van der Waals surface area contributed by atoms with Gasteiger partial charge in [0, 0.05) is 18.9 Å². The van der Waals surface area contributed by atoms with Crippen molar-refractivity contribution in [1.29, 1.82) is 0 Å². The van der Waals surface area contributed by atoms with Crippen LogP contribution < -0.4 is 5.32 Å². The molecule has 1 amide bonds. The first-order valence-electron chi connectivity index (χ1n) is 5.73. The number of aromatic carboxylic acids is 1. The van der Waals surface area contributed by atoms with Crippen molar-refractivity contribution >= 4 is 17.6 Å². The van der Waals surface area contributed by atoms with Crippen molar-refractivity contribution in [3.8, 4) is 0 Å². The highest BCUT2D eigenvalue weighted by molar-refractivity contribution is 6.09. The molecule has 0 atom stereocenters. The zero-order chi connectivity index (χ0) is 14.9. The van der Waals surface area contributed by atoms with Crippen molar-refractivity contribution in [2.75, 3.05) is 5.32 Å². The third-order valence-corrected chi connectivity index (χ3v) is 2.71. The molecular formula is C13H12FN3O3. The number of hydrogen-bond donors (Lipinski definition) is 2. The molecule has 0 aliphatic carbocycles. The van der Waals surface area contributed by atoms with Gasteiger partial charge in [0.15, 0.2) is 5.69 Å². The number of benzene rings is 1. The fourth-order valence-corrected chi connectivity index (χ4v) is 1.76. The number of aryl methyl sites for hydroxylation is 2. The maximum atomic E-state index is 13.0. The first kappa shape index (κ1) is 13.7. The zero-order valence-electron chi connectivity index (χ0n) is 10.8. The second-order valence-electron chi connectivity index (χ2n) is 4.28. The van der Waals surface area contributed by atoms with E-state index in [0.717, 1.165) is 0 Å². The lowest BCUT2D eigenvalue weighted by Gasteiger charge is -2.07. The quantitative estimate of drug-likeness (QED) is 0.896. The molecule has 7 heteroatoms. The highest BCUT2D eigenvalue weighted by atomic mass is 19.1. The Hall–Kier alpha value is -2.70. The fourth-order valence-electron chi connectivity index (χ4n) is 1.76. The number of carboxylic acids is 1. The summed E-state index contributed by atoms with van der Waals surface area (Å²) in [5.41, 5.74) is 0.554. The van der Waals surface area contributed by atoms with Crippen molar-refractivity contribution in [3.63, 3.8) is 0 Å². The van der Waals surface area contributed by atoms with Crippen LogP contribution in [0.5, 0.6) is 0 Å². The number of aromatic nitrogens is 2. The van der Waals surface area contributed by atoms with Crippen LogP contribution in [0.1, 0.15) is 26.4 Å². The third-order valence-electron chi connectivity index (χ3n) is 2.71. The molecule has 0 saturated heterocycles. The molecule has 0 bridgehead atoms. The van der Waals surface area contributed by atoms with Crippen LogP contribution in [0.2, 0.25) is 0 Å². The summed E-state index contributed by atoms with van der Waals surface area (Å²) in [5, 5.41) is 15.3. The van der Waals surface area contributed by atoms with E-state index in [0.29, 0.717) is 11.3 Å². The summed E-state index contributed by atoms with van der Waals surface area (Å²) >= 11 is 0.